The van der Waals surface area contributed by atoms with Crippen molar-refractivity contribution in [1.82, 2.24) is 0 Å². The number of nitrogen functional groups attached to an aromatic ring is 2. The van der Waals surface area contributed by atoms with Gasteiger partial charge in [-0.1, -0.05) is 6.07 Å². The van der Waals surface area contributed by atoms with Crippen LogP contribution in [0.1, 0.15) is 5.56 Å². The van der Waals surface area contributed by atoms with Crippen LogP contribution in [0.15, 0.2) is 18.2 Å². The molecule has 7 heteroatoms. The summed E-state index contributed by atoms with van der Waals surface area (Å²) in [5.74, 6) is 0.342. The highest BCUT2D eigenvalue weighted by Gasteiger charge is 2.09. The summed E-state index contributed by atoms with van der Waals surface area (Å²) in [7, 11) is -3.10. The fourth-order valence-corrected chi connectivity index (χ4v) is 2.49. The molecule has 0 bridgehead atoms. The fourth-order valence-electron chi connectivity index (χ4n) is 1.05. The van der Waals surface area contributed by atoms with Crippen molar-refractivity contribution in [2.45, 2.75) is 6.42 Å². The minimum absolute atomic E-state index is 0.342. The normalized spacial score (nSPS) is 11.3. The Morgan fingerprint density at radius 2 is 1.93 bits per heavy atom. The quantitative estimate of drug-likeness (QED) is 0.464. The van der Waals surface area contributed by atoms with Gasteiger partial charge in [0.15, 0.2) is 5.75 Å². The van der Waals surface area contributed by atoms with E-state index in [1.54, 1.807) is 18.2 Å². The van der Waals surface area contributed by atoms with E-state index in [4.69, 9.17) is 20.6 Å². The van der Waals surface area contributed by atoms with Crippen LogP contribution >= 0.6 is 0 Å². The van der Waals surface area contributed by atoms with Gasteiger partial charge >= 0.3 is 9.05 Å². The smallest absolute Gasteiger partial charge is 0.397 e. The molecule has 1 aromatic carbocycles. The maximum Gasteiger partial charge on any atom is 0.430 e. The summed E-state index contributed by atoms with van der Waals surface area (Å²) >= 11 is 0. The fraction of sp³-hybridized carbons (Fsp3) is 0.250. The van der Waals surface area contributed by atoms with Gasteiger partial charge in [-0.3, -0.25) is 9.11 Å². The van der Waals surface area contributed by atoms with Gasteiger partial charge in [0.05, 0.1) is 11.4 Å². The van der Waals surface area contributed by atoms with E-state index in [1.807, 2.05) is 0 Å². The first-order valence-corrected chi connectivity index (χ1v) is 7.13. The lowest BCUT2D eigenvalue weighted by molar-refractivity contribution is 0.450. The van der Waals surface area contributed by atoms with Gasteiger partial charge in [0.25, 0.3) is 10.3 Å². The minimum atomic E-state index is -3.70. The van der Waals surface area contributed by atoms with Gasteiger partial charge in [0.1, 0.15) is 0 Å². The standard InChI is InChI=1S/C8H12N2O3S2/c9-7-2-1-6(5-8(7)10)3-4-14-15(11,12)13/h1-2,5H,3-4,9-10H2,(H-,11,12,13)/p+1. The van der Waals surface area contributed by atoms with Gasteiger partial charge < -0.3 is 11.5 Å². The third kappa shape index (κ3) is 4.43. The van der Waals surface area contributed by atoms with Crippen LogP contribution in [-0.2, 0) is 25.8 Å². The van der Waals surface area contributed by atoms with Gasteiger partial charge in [-0.15, -0.1) is 0 Å². The molecule has 0 radical (unpaired) electrons. The molecule has 6 N–H and O–H groups in total. The highest BCUT2D eigenvalue weighted by Crippen LogP contribution is 2.16. The second kappa shape index (κ2) is 4.75. The first kappa shape index (κ1) is 12.2. The number of benzene rings is 1. The highest BCUT2D eigenvalue weighted by molar-refractivity contribution is 8.34. The molecule has 0 aliphatic carbocycles. The first-order chi connectivity index (χ1) is 6.88. The molecule has 0 unspecified atom stereocenters. The first-order valence-electron chi connectivity index (χ1n) is 4.16. The topological polar surface area (TPSA) is 110 Å². The van der Waals surface area contributed by atoms with Gasteiger partial charge in [-0.05, 0) is 17.7 Å². The van der Waals surface area contributed by atoms with Crippen molar-refractivity contribution in [3.63, 3.8) is 0 Å². The molecule has 0 aromatic heterocycles. The van der Waals surface area contributed by atoms with Crippen molar-refractivity contribution in [2.24, 2.45) is 0 Å². The lowest BCUT2D eigenvalue weighted by Crippen LogP contribution is -2.01. The van der Waals surface area contributed by atoms with Crippen LogP contribution in [0.25, 0.3) is 0 Å². The van der Waals surface area contributed by atoms with E-state index in [0.29, 0.717) is 33.9 Å². The number of hydrogen-bond donors (Lipinski definition) is 4. The molecule has 0 atom stereocenters. The monoisotopic (exact) mass is 249 g/mol. The van der Waals surface area contributed by atoms with Crippen molar-refractivity contribution in [3.05, 3.63) is 23.8 Å². The Morgan fingerprint density at radius 3 is 2.47 bits per heavy atom. The lowest BCUT2D eigenvalue weighted by atomic mass is 10.1. The van der Waals surface area contributed by atoms with Crippen LogP contribution in [0.3, 0.4) is 0 Å². The molecule has 5 nitrogen and oxygen atoms in total. The van der Waals surface area contributed by atoms with Crippen molar-refractivity contribution < 1.29 is 13.3 Å². The second-order valence-corrected chi connectivity index (χ2v) is 6.53. The van der Waals surface area contributed by atoms with Crippen molar-refractivity contribution in [1.29, 1.82) is 0 Å². The largest absolute Gasteiger partial charge is 0.430 e. The Labute approximate surface area is 91.8 Å². The zero-order valence-corrected chi connectivity index (χ0v) is 9.55. The zero-order chi connectivity index (χ0) is 11.5. The van der Waals surface area contributed by atoms with Crippen molar-refractivity contribution >= 4 is 30.7 Å². The molecule has 1 rings (SSSR count). The number of anilines is 2. The zero-order valence-electron chi connectivity index (χ0n) is 7.92. The molecule has 0 heterocycles. The van der Waals surface area contributed by atoms with E-state index in [2.05, 4.69) is 0 Å². The minimum Gasteiger partial charge on any atom is -0.397 e. The Kier molecular flexibility index (Phi) is 3.86. The van der Waals surface area contributed by atoms with E-state index in [1.165, 1.54) is 0 Å². The summed E-state index contributed by atoms with van der Waals surface area (Å²) in [5, 5.41) is 0. The third-order valence-corrected chi connectivity index (χ3v) is 3.88. The molecule has 0 spiro atoms. The van der Waals surface area contributed by atoms with Gasteiger partial charge in [0.2, 0.25) is 0 Å². The highest BCUT2D eigenvalue weighted by atomic mass is 32.9. The number of nitrogens with two attached hydrogens (primary N) is 2. The summed E-state index contributed by atoms with van der Waals surface area (Å²) in [6.07, 6.45) is 0.549. The molecule has 0 saturated heterocycles. The molecule has 0 amide bonds. The third-order valence-electron chi connectivity index (χ3n) is 1.78. The predicted octanol–water partition coefficient (Wildman–Crippen LogP) is 0.621. The average molecular weight is 249 g/mol. The Hall–Kier alpha value is -0.890. The van der Waals surface area contributed by atoms with Crippen molar-refractivity contribution in [2.75, 3.05) is 17.2 Å². The molecular formula is C8H13N2O3S2+. The summed E-state index contributed by atoms with van der Waals surface area (Å²) < 4.78 is 27.7. The number of hydrogen-bond acceptors (Lipinski definition) is 3. The van der Waals surface area contributed by atoms with E-state index in [0.717, 1.165) is 5.56 Å². The molecule has 0 fully saturated rings. The Morgan fingerprint density at radius 1 is 1.27 bits per heavy atom. The number of aryl methyl sites for hydroxylation is 1. The van der Waals surface area contributed by atoms with Crippen LogP contribution in [-0.4, -0.2) is 19.1 Å². The molecule has 84 valence electrons. The molecule has 0 aliphatic rings. The average Bonchev–Trinajstić information content (AvgIpc) is 2.09. The van der Waals surface area contributed by atoms with E-state index in [9.17, 15) is 4.21 Å². The Balaban J connectivity index is 2.67. The van der Waals surface area contributed by atoms with Gasteiger partial charge in [-0.2, -0.15) is 4.21 Å². The Bertz CT molecular complexity index is 459. The lowest BCUT2D eigenvalue weighted by Gasteiger charge is -2.01. The summed E-state index contributed by atoms with van der Waals surface area (Å²) in [4.78, 5) is 0. The molecule has 1 aromatic rings. The van der Waals surface area contributed by atoms with Gasteiger partial charge in [-0.25, -0.2) is 0 Å². The number of rotatable bonds is 3. The SMILES string of the molecule is Nc1ccc(CC[S+]=S(=O)(O)O)cc1N. The van der Waals surface area contributed by atoms with Crippen LogP contribution in [0, 0.1) is 0 Å². The summed E-state index contributed by atoms with van der Waals surface area (Å²) in [6, 6.07) is 5.19. The van der Waals surface area contributed by atoms with Crippen LogP contribution in [0.2, 0.25) is 0 Å². The van der Waals surface area contributed by atoms with Crippen LogP contribution in [0.4, 0.5) is 11.4 Å². The van der Waals surface area contributed by atoms with Gasteiger partial charge in [0, 0.05) is 6.42 Å². The maximum atomic E-state index is 10.5. The van der Waals surface area contributed by atoms with Crippen molar-refractivity contribution in [3.8, 4) is 0 Å². The molecular weight excluding hydrogens is 236 g/mol. The predicted molar refractivity (Wildman–Crippen MR) is 64.6 cm³/mol. The van der Waals surface area contributed by atoms with E-state index < -0.39 is 9.05 Å². The molecule has 0 aliphatic heterocycles. The summed E-state index contributed by atoms with van der Waals surface area (Å²) in [6.45, 7) is 0. The van der Waals surface area contributed by atoms with Crippen LogP contribution in [0.5, 0.6) is 0 Å². The van der Waals surface area contributed by atoms with E-state index in [-0.39, 0.29) is 0 Å². The summed E-state index contributed by atoms with van der Waals surface area (Å²) in [5.41, 5.74) is 13.0. The van der Waals surface area contributed by atoms with Crippen LogP contribution < -0.4 is 11.5 Å². The second-order valence-electron chi connectivity index (χ2n) is 2.98. The van der Waals surface area contributed by atoms with E-state index >= 15 is 0 Å². The maximum absolute atomic E-state index is 10.5. The molecule has 0 saturated carbocycles. The molecule has 15 heavy (non-hydrogen) atoms.